The molecule has 0 aromatic heterocycles. The first kappa shape index (κ1) is 18.5. The van der Waals surface area contributed by atoms with Gasteiger partial charge in [-0.05, 0) is 28.9 Å². The second-order valence-corrected chi connectivity index (χ2v) is 7.23. The van der Waals surface area contributed by atoms with Gasteiger partial charge in [0.15, 0.2) is 0 Å². The minimum Gasteiger partial charge on any atom is -0.507 e. The highest BCUT2D eigenvalue weighted by Gasteiger charge is 2.25. The average Bonchev–Trinajstić information content (AvgIpc) is 2.16. The van der Waals surface area contributed by atoms with Crippen molar-refractivity contribution in [2.45, 2.75) is 66.2 Å². The van der Waals surface area contributed by atoms with Gasteiger partial charge in [0.1, 0.15) is 5.75 Å². The van der Waals surface area contributed by atoms with Gasteiger partial charge < -0.3 is 10.2 Å². The molecular weight excluding hydrogens is 252 g/mol. The number of hydrogen-bond donors (Lipinski definition) is 2. The zero-order valence-electron chi connectivity index (χ0n) is 14.0. The van der Waals surface area contributed by atoms with Crippen LogP contribution in [0.2, 0.25) is 0 Å². The number of aryl methyl sites for hydroxylation is 1. The summed E-state index contributed by atoms with van der Waals surface area (Å²) < 4.78 is 0. The summed E-state index contributed by atoms with van der Waals surface area (Å²) in [7, 11) is 0. The zero-order valence-corrected chi connectivity index (χ0v) is 14.0. The molecule has 3 nitrogen and oxygen atoms in total. The van der Waals surface area contributed by atoms with Gasteiger partial charge in [0.25, 0.3) is 5.97 Å². The normalized spacial score (nSPS) is 11.6. The van der Waals surface area contributed by atoms with E-state index in [4.69, 9.17) is 9.90 Å². The monoisotopic (exact) mass is 280 g/mol. The van der Waals surface area contributed by atoms with Crippen molar-refractivity contribution in [2.24, 2.45) is 0 Å². The number of phenolic OH excluding ortho intramolecular Hbond substituents is 1. The maximum absolute atomic E-state index is 10.4. The summed E-state index contributed by atoms with van der Waals surface area (Å²) in [6.07, 6.45) is 0. The number of benzene rings is 1. The largest absolute Gasteiger partial charge is 0.507 e. The summed E-state index contributed by atoms with van der Waals surface area (Å²) in [4.78, 5) is 9.00. The second-order valence-electron chi connectivity index (χ2n) is 7.23. The lowest BCUT2D eigenvalue weighted by atomic mass is 9.78. The third-order valence-corrected chi connectivity index (χ3v) is 2.87. The molecule has 0 amide bonds. The van der Waals surface area contributed by atoms with Crippen molar-refractivity contribution in [3.8, 4) is 5.75 Å². The lowest BCUT2D eigenvalue weighted by molar-refractivity contribution is -0.134. The van der Waals surface area contributed by atoms with Crippen molar-refractivity contribution in [3.05, 3.63) is 28.8 Å². The van der Waals surface area contributed by atoms with Crippen molar-refractivity contribution in [2.75, 3.05) is 0 Å². The standard InChI is InChI=1S/C15H24O.C2H4O2/c1-10-8-11(14(2,3)4)13(16)12(9-10)15(5,6)7;1-2(3)4/h8-9,16H,1-7H3;1H3,(H,3,4). The highest BCUT2D eigenvalue weighted by molar-refractivity contribution is 5.62. The van der Waals surface area contributed by atoms with E-state index in [1.54, 1.807) is 0 Å². The fourth-order valence-corrected chi connectivity index (χ4v) is 1.92. The van der Waals surface area contributed by atoms with Crippen LogP contribution in [0.1, 0.15) is 65.2 Å². The Bertz CT molecular complexity index is 435. The van der Waals surface area contributed by atoms with Crippen molar-refractivity contribution in [1.82, 2.24) is 0 Å². The van der Waals surface area contributed by atoms with Crippen LogP contribution in [0.4, 0.5) is 0 Å². The Morgan fingerprint density at radius 2 is 1.20 bits per heavy atom. The van der Waals surface area contributed by atoms with E-state index in [1.165, 1.54) is 5.56 Å². The van der Waals surface area contributed by atoms with E-state index in [1.807, 2.05) is 0 Å². The molecule has 1 aromatic carbocycles. The number of aromatic hydroxyl groups is 1. The molecule has 0 unspecified atom stereocenters. The van der Waals surface area contributed by atoms with E-state index in [-0.39, 0.29) is 10.8 Å². The first-order valence-electron chi connectivity index (χ1n) is 6.81. The third kappa shape index (κ3) is 5.64. The molecule has 0 bridgehead atoms. The van der Waals surface area contributed by atoms with Gasteiger partial charge in [0.05, 0.1) is 0 Å². The van der Waals surface area contributed by atoms with Crippen LogP contribution < -0.4 is 0 Å². The highest BCUT2D eigenvalue weighted by Crippen LogP contribution is 2.39. The zero-order chi connectivity index (χ0) is 16.3. The Morgan fingerprint density at radius 3 is 1.40 bits per heavy atom. The molecule has 3 heteroatoms. The Hall–Kier alpha value is -1.51. The van der Waals surface area contributed by atoms with E-state index in [0.717, 1.165) is 18.1 Å². The molecule has 0 aliphatic carbocycles. The van der Waals surface area contributed by atoms with Crippen LogP contribution in [-0.4, -0.2) is 16.2 Å². The average molecular weight is 280 g/mol. The van der Waals surface area contributed by atoms with Gasteiger partial charge >= 0.3 is 0 Å². The van der Waals surface area contributed by atoms with Crippen LogP contribution in [0.3, 0.4) is 0 Å². The van der Waals surface area contributed by atoms with Gasteiger partial charge in [-0.1, -0.05) is 59.2 Å². The molecule has 0 radical (unpaired) electrons. The van der Waals surface area contributed by atoms with Crippen molar-refractivity contribution in [3.63, 3.8) is 0 Å². The van der Waals surface area contributed by atoms with Crippen LogP contribution in [0.15, 0.2) is 12.1 Å². The smallest absolute Gasteiger partial charge is 0.300 e. The first-order chi connectivity index (χ1) is 8.76. The maximum atomic E-state index is 10.4. The summed E-state index contributed by atoms with van der Waals surface area (Å²) in [5.74, 6) is -0.370. The number of carboxylic acid groups (broad SMARTS) is 1. The predicted octanol–water partition coefficient (Wildman–Crippen LogP) is 4.39. The molecule has 0 atom stereocenters. The molecule has 2 N–H and O–H groups in total. The molecule has 0 saturated heterocycles. The fourth-order valence-electron chi connectivity index (χ4n) is 1.92. The molecule has 0 aliphatic heterocycles. The second kappa shape index (κ2) is 6.29. The van der Waals surface area contributed by atoms with Crippen molar-refractivity contribution in [1.29, 1.82) is 0 Å². The quantitative estimate of drug-likeness (QED) is 0.741. The number of carboxylic acids is 1. The summed E-state index contributed by atoms with van der Waals surface area (Å²) in [5, 5.41) is 17.8. The number of carbonyl (C=O) groups is 1. The molecule has 0 spiro atoms. The van der Waals surface area contributed by atoms with E-state index in [0.29, 0.717) is 5.75 Å². The number of hydrogen-bond acceptors (Lipinski definition) is 2. The SMILES string of the molecule is CC(=O)O.Cc1cc(C(C)(C)C)c(O)c(C(C)(C)C)c1. The number of rotatable bonds is 0. The number of aliphatic carboxylic acids is 1. The van der Waals surface area contributed by atoms with Crippen LogP contribution in [0.5, 0.6) is 5.75 Å². The van der Waals surface area contributed by atoms with E-state index < -0.39 is 5.97 Å². The van der Waals surface area contributed by atoms with Gasteiger partial charge in [-0.25, -0.2) is 0 Å². The number of phenols is 1. The van der Waals surface area contributed by atoms with Gasteiger partial charge in [0, 0.05) is 6.92 Å². The van der Waals surface area contributed by atoms with Gasteiger partial charge in [-0.2, -0.15) is 0 Å². The fraction of sp³-hybridized carbons (Fsp3) is 0.588. The van der Waals surface area contributed by atoms with Crippen molar-refractivity contribution >= 4 is 5.97 Å². The molecule has 1 aromatic rings. The van der Waals surface area contributed by atoms with Crippen LogP contribution in [0.25, 0.3) is 0 Å². The Morgan fingerprint density at radius 1 is 0.950 bits per heavy atom. The van der Waals surface area contributed by atoms with Crippen LogP contribution >= 0.6 is 0 Å². The predicted molar refractivity (Wildman–Crippen MR) is 83.6 cm³/mol. The molecule has 114 valence electrons. The molecule has 1 rings (SSSR count). The Balaban J connectivity index is 0.000000796. The van der Waals surface area contributed by atoms with Gasteiger partial charge in [-0.3, -0.25) is 4.79 Å². The minimum atomic E-state index is -0.833. The van der Waals surface area contributed by atoms with Gasteiger partial charge in [0.2, 0.25) is 0 Å². The lowest BCUT2D eigenvalue weighted by Gasteiger charge is -2.27. The summed E-state index contributed by atoms with van der Waals surface area (Å²) >= 11 is 0. The Labute approximate surface area is 122 Å². The molecule has 0 aliphatic rings. The van der Waals surface area contributed by atoms with Crippen LogP contribution in [0, 0.1) is 6.92 Å². The van der Waals surface area contributed by atoms with E-state index in [9.17, 15) is 5.11 Å². The first-order valence-corrected chi connectivity index (χ1v) is 6.81. The minimum absolute atomic E-state index is 0.0178. The molecule has 0 fully saturated rings. The molecule has 20 heavy (non-hydrogen) atoms. The topological polar surface area (TPSA) is 57.5 Å². The molecular formula is C17H28O3. The van der Waals surface area contributed by atoms with E-state index in [2.05, 4.69) is 60.6 Å². The maximum Gasteiger partial charge on any atom is 0.300 e. The van der Waals surface area contributed by atoms with Crippen molar-refractivity contribution < 1.29 is 15.0 Å². The Kier molecular flexibility index (Phi) is 5.82. The van der Waals surface area contributed by atoms with Crippen LogP contribution in [-0.2, 0) is 15.6 Å². The van der Waals surface area contributed by atoms with E-state index >= 15 is 0 Å². The molecule has 0 heterocycles. The molecule has 0 saturated carbocycles. The summed E-state index contributed by atoms with van der Waals surface area (Å²) in [6, 6.07) is 4.18. The van der Waals surface area contributed by atoms with Gasteiger partial charge in [-0.15, -0.1) is 0 Å². The lowest BCUT2D eigenvalue weighted by Crippen LogP contribution is -2.17. The highest BCUT2D eigenvalue weighted by atomic mass is 16.4. The summed E-state index contributed by atoms with van der Waals surface area (Å²) in [5.41, 5.74) is 3.26. The third-order valence-electron chi connectivity index (χ3n) is 2.87. The summed E-state index contributed by atoms with van der Waals surface area (Å²) in [6.45, 7) is 16.0.